The molecule has 4 rings (SSSR count). The molecule has 0 spiro atoms. The standard InChI is InChI=1S/C17H24ClN5/c18-14-5-7-15(8-6-14)23-17(22-11-3-4-12-22)16(19-20-23)13-21-9-1-2-10-21/h5-8,16-17H,1-4,9-13H2. The lowest BCUT2D eigenvalue weighted by Crippen LogP contribution is -2.51. The topological polar surface area (TPSA) is 34.4 Å². The van der Waals surface area contributed by atoms with Crippen LogP contribution in [0.4, 0.5) is 5.69 Å². The minimum absolute atomic E-state index is 0.238. The molecule has 2 saturated heterocycles. The van der Waals surface area contributed by atoms with Crippen LogP contribution in [-0.4, -0.2) is 54.7 Å². The summed E-state index contributed by atoms with van der Waals surface area (Å²) in [5.41, 5.74) is 1.08. The predicted octanol–water partition coefficient (Wildman–Crippen LogP) is 3.41. The normalized spacial score (nSPS) is 29.0. The van der Waals surface area contributed by atoms with Gasteiger partial charge < -0.3 is 4.90 Å². The number of rotatable bonds is 4. The van der Waals surface area contributed by atoms with E-state index in [2.05, 4.69) is 25.1 Å². The molecule has 1 aromatic rings. The van der Waals surface area contributed by atoms with Crippen molar-refractivity contribution in [3.05, 3.63) is 29.3 Å². The molecule has 6 heteroatoms. The molecule has 0 radical (unpaired) electrons. The summed E-state index contributed by atoms with van der Waals surface area (Å²) < 4.78 is 0. The van der Waals surface area contributed by atoms with Crippen molar-refractivity contribution in [1.29, 1.82) is 0 Å². The number of anilines is 1. The fourth-order valence-corrected chi connectivity index (χ4v) is 4.09. The molecule has 0 saturated carbocycles. The number of nitrogens with zero attached hydrogens (tertiary/aromatic N) is 5. The van der Waals surface area contributed by atoms with E-state index >= 15 is 0 Å². The molecular weight excluding hydrogens is 310 g/mol. The van der Waals surface area contributed by atoms with E-state index in [0.29, 0.717) is 0 Å². The van der Waals surface area contributed by atoms with E-state index in [9.17, 15) is 0 Å². The third-order valence-corrected chi connectivity index (χ3v) is 5.39. The van der Waals surface area contributed by atoms with Crippen LogP contribution >= 0.6 is 11.6 Å². The molecule has 0 N–H and O–H groups in total. The van der Waals surface area contributed by atoms with Crippen molar-refractivity contribution in [3.8, 4) is 0 Å². The Hall–Kier alpha value is -1.17. The summed E-state index contributed by atoms with van der Waals surface area (Å²) >= 11 is 6.03. The lowest BCUT2D eigenvalue weighted by Gasteiger charge is -2.34. The van der Waals surface area contributed by atoms with Crippen molar-refractivity contribution in [3.63, 3.8) is 0 Å². The second-order valence-electron chi connectivity index (χ2n) is 6.76. The van der Waals surface area contributed by atoms with Crippen molar-refractivity contribution in [2.75, 3.05) is 37.7 Å². The summed E-state index contributed by atoms with van der Waals surface area (Å²) in [6.45, 7) is 5.74. The molecule has 2 atom stereocenters. The zero-order chi connectivity index (χ0) is 15.6. The summed E-state index contributed by atoms with van der Waals surface area (Å²) in [4.78, 5) is 5.09. The van der Waals surface area contributed by atoms with Crippen molar-refractivity contribution in [2.45, 2.75) is 37.9 Å². The van der Waals surface area contributed by atoms with E-state index in [1.807, 2.05) is 24.3 Å². The van der Waals surface area contributed by atoms with E-state index in [1.54, 1.807) is 0 Å². The van der Waals surface area contributed by atoms with Gasteiger partial charge in [0.2, 0.25) is 0 Å². The van der Waals surface area contributed by atoms with Gasteiger partial charge in [-0.15, -0.1) is 0 Å². The third kappa shape index (κ3) is 3.23. The zero-order valence-corrected chi connectivity index (χ0v) is 14.2. The molecule has 0 bridgehead atoms. The van der Waals surface area contributed by atoms with Crippen LogP contribution in [0.3, 0.4) is 0 Å². The van der Waals surface area contributed by atoms with Gasteiger partial charge in [-0.05, 0) is 63.0 Å². The summed E-state index contributed by atoms with van der Waals surface area (Å²) in [7, 11) is 0. The molecule has 1 aromatic carbocycles. The summed E-state index contributed by atoms with van der Waals surface area (Å²) in [6.07, 6.45) is 5.44. The number of likely N-dealkylation sites (tertiary alicyclic amines) is 2. The first-order chi connectivity index (χ1) is 11.3. The minimum Gasteiger partial charge on any atom is -0.301 e. The molecule has 23 heavy (non-hydrogen) atoms. The van der Waals surface area contributed by atoms with Gasteiger partial charge in [-0.25, -0.2) is 5.01 Å². The smallest absolute Gasteiger partial charge is 0.132 e. The van der Waals surface area contributed by atoms with E-state index < -0.39 is 0 Å². The Morgan fingerprint density at radius 2 is 1.61 bits per heavy atom. The van der Waals surface area contributed by atoms with Gasteiger partial charge >= 0.3 is 0 Å². The molecule has 0 aromatic heterocycles. The number of hydrogen-bond acceptors (Lipinski definition) is 5. The van der Waals surface area contributed by atoms with E-state index in [1.165, 1.54) is 38.8 Å². The summed E-state index contributed by atoms with van der Waals surface area (Å²) in [5, 5.41) is 12.0. The molecular formula is C17H24ClN5. The van der Waals surface area contributed by atoms with Crippen molar-refractivity contribution in [2.24, 2.45) is 10.3 Å². The third-order valence-electron chi connectivity index (χ3n) is 5.14. The highest BCUT2D eigenvalue weighted by molar-refractivity contribution is 6.30. The van der Waals surface area contributed by atoms with Crippen LogP contribution in [0.15, 0.2) is 34.6 Å². The van der Waals surface area contributed by atoms with Crippen LogP contribution in [0.1, 0.15) is 25.7 Å². The van der Waals surface area contributed by atoms with Crippen LogP contribution in [0.2, 0.25) is 5.02 Å². The Morgan fingerprint density at radius 1 is 0.957 bits per heavy atom. The minimum atomic E-state index is 0.238. The second-order valence-corrected chi connectivity index (χ2v) is 7.19. The lowest BCUT2D eigenvalue weighted by atomic mass is 10.1. The summed E-state index contributed by atoms with van der Waals surface area (Å²) in [5.74, 6) is 0. The Bertz CT molecular complexity index is 549. The molecule has 0 amide bonds. The SMILES string of the molecule is Clc1ccc(N2N=NC(CN3CCCC3)C2N2CCCC2)cc1. The Balaban J connectivity index is 1.55. The van der Waals surface area contributed by atoms with Crippen LogP contribution < -0.4 is 5.01 Å². The summed E-state index contributed by atoms with van der Waals surface area (Å²) in [6, 6.07) is 8.19. The first kappa shape index (κ1) is 15.4. The van der Waals surface area contributed by atoms with Crippen molar-refractivity contribution < 1.29 is 0 Å². The second kappa shape index (κ2) is 6.75. The van der Waals surface area contributed by atoms with Crippen LogP contribution in [-0.2, 0) is 0 Å². The van der Waals surface area contributed by atoms with Gasteiger partial charge in [-0.3, -0.25) is 4.90 Å². The average molecular weight is 334 g/mol. The Kier molecular flexibility index (Phi) is 4.51. The van der Waals surface area contributed by atoms with Gasteiger partial charge in [-0.1, -0.05) is 16.8 Å². The largest absolute Gasteiger partial charge is 0.301 e. The van der Waals surface area contributed by atoms with Crippen molar-refractivity contribution >= 4 is 17.3 Å². The van der Waals surface area contributed by atoms with Gasteiger partial charge in [0.15, 0.2) is 0 Å². The fraction of sp³-hybridized carbons (Fsp3) is 0.647. The Labute approximate surface area is 142 Å². The van der Waals surface area contributed by atoms with Crippen LogP contribution in [0.5, 0.6) is 0 Å². The molecule has 3 aliphatic rings. The lowest BCUT2D eigenvalue weighted by molar-refractivity contribution is 0.193. The van der Waals surface area contributed by atoms with Crippen molar-refractivity contribution in [1.82, 2.24) is 9.80 Å². The Morgan fingerprint density at radius 3 is 2.30 bits per heavy atom. The molecule has 0 aliphatic carbocycles. The average Bonchev–Trinajstić information content (AvgIpc) is 3.29. The highest BCUT2D eigenvalue weighted by Crippen LogP contribution is 2.31. The first-order valence-corrected chi connectivity index (χ1v) is 9.11. The maximum absolute atomic E-state index is 6.03. The van der Waals surface area contributed by atoms with Gasteiger partial charge in [-0.2, -0.15) is 5.11 Å². The number of halogens is 1. The monoisotopic (exact) mass is 333 g/mol. The fourth-order valence-electron chi connectivity index (χ4n) is 3.96. The molecule has 3 heterocycles. The molecule has 124 valence electrons. The highest BCUT2D eigenvalue weighted by atomic mass is 35.5. The van der Waals surface area contributed by atoms with E-state index in [4.69, 9.17) is 11.6 Å². The quantitative estimate of drug-likeness (QED) is 0.846. The van der Waals surface area contributed by atoms with Gasteiger partial charge in [0, 0.05) is 24.7 Å². The van der Waals surface area contributed by atoms with Crippen LogP contribution in [0, 0.1) is 0 Å². The van der Waals surface area contributed by atoms with Gasteiger partial charge in [0.25, 0.3) is 0 Å². The maximum Gasteiger partial charge on any atom is 0.132 e. The van der Waals surface area contributed by atoms with Gasteiger partial charge in [0.1, 0.15) is 12.2 Å². The molecule has 2 unspecified atom stereocenters. The first-order valence-electron chi connectivity index (χ1n) is 8.73. The van der Waals surface area contributed by atoms with E-state index in [-0.39, 0.29) is 12.2 Å². The van der Waals surface area contributed by atoms with E-state index in [0.717, 1.165) is 30.3 Å². The number of benzene rings is 1. The highest BCUT2D eigenvalue weighted by Gasteiger charge is 2.40. The molecule has 5 nitrogen and oxygen atoms in total. The number of hydrogen-bond donors (Lipinski definition) is 0. The predicted molar refractivity (Wildman–Crippen MR) is 92.8 cm³/mol. The van der Waals surface area contributed by atoms with Gasteiger partial charge in [0.05, 0.1) is 5.69 Å². The van der Waals surface area contributed by atoms with Crippen LogP contribution in [0.25, 0.3) is 0 Å². The zero-order valence-electron chi connectivity index (χ0n) is 13.4. The molecule has 2 fully saturated rings. The maximum atomic E-state index is 6.03. The molecule has 3 aliphatic heterocycles.